The SMILES string of the molecule is COc1cc(C2C3=C(CCCC3=O)Nc3nc(SCc4ccccc4Cl)nn32)cc(Br)c1OCc1c(F)cccc1Cl. The van der Waals surface area contributed by atoms with Crippen LogP contribution >= 0.6 is 50.9 Å². The van der Waals surface area contributed by atoms with Crippen LogP contribution < -0.4 is 14.8 Å². The Kier molecular flexibility index (Phi) is 8.49. The Bertz CT molecular complexity index is 1710. The summed E-state index contributed by atoms with van der Waals surface area (Å²) in [7, 11) is 1.53. The average Bonchev–Trinajstić information content (AvgIpc) is 3.38. The summed E-state index contributed by atoms with van der Waals surface area (Å²) >= 11 is 17.6. The molecule has 216 valence electrons. The van der Waals surface area contributed by atoms with Crippen LogP contribution in [0.2, 0.25) is 10.0 Å². The quantitative estimate of drug-likeness (QED) is 0.186. The van der Waals surface area contributed by atoms with Crippen LogP contribution in [0.15, 0.2) is 75.5 Å². The van der Waals surface area contributed by atoms with Crippen molar-refractivity contribution in [2.24, 2.45) is 0 Å². The van der Waals surface area contributed by atoms with Crippen molar-refractivity contribution < 1.29 is 18.7 Å². The van der Waals surface area contributed by atoms with Crippen LogP contribution in [0.3, 0.4) is 0 Å². The Labute approximate surface area is 264 Å². The van der Waals surface area contributed by atoms with Gasteiger partial charge in [0.15, 0.2) is 17.3 Å². The molecule has 12 heteroatoms. The number of rotatable bonds is 8. The van der Waals surface area contributed by atoms with Gasteiger partial charge in [0.25, 0.3) is 0 Å². The molecule has 1 aromatic heterocycles. The summed E-state index contributed by atoms with van der Waals surface area (Å²) < 4.78 is 28.4. The van der Waals surface area contributed by atoms with Crippen molar-refractivity contribution in [1.82, 2.24) is 14.8 Å². The van der Waals surface area contributed by atoms with Gasteiger partial charge in [0, 0.05) is 34.0 Å². The highest BCUT2D eigenvalue weighted by atomic mass is 79.9. The minimum Gasteiger partial charge on any atom is -0.493 e. The highest BCUT2D eigenvalue weighted by Gasteiger charge is 2.37. The monoisotopic (exact) mass is 688 g/mol. The normalized spacial score (nSPS) is 16.1. The van der Waals surface area contributed by atoms with Crippen LogP contribution in [0.5, 0.6) is 11.5 Å². The largest absolute Gasteiger partial charge is 0.493 e. The number of thioether (sulfide) groups is 1. The number of ether oxygens (including phenoxy) is 2. The number of Topliss-reactive ketones (excluding diaryl/α,β-unsaturated/α-hetero) is 1. The van der Waals surface area contributed by atoms with Gasteiger partial charge in [0.1, 0.15) is 18.5 Å². The molecule has 0 saturated heterocycles. The number of benzene rings is 3. The molecule has 1 aliphatic heterocycles. The second-order valence-corrected chi connectivity index (χ2v) is 12.4. The lowest BCUT2D eigenvalue weighted by Gasteiger charge is -2.32. The van der Waals surface area contributed by atoms with Crippen molar-refractivity contribution >= 4 is 62.6 Å². The van der Waals surface area contributed by atoms with Crippen molar-refractivity contribution in [2.75, 3.05) is 12.4 Å². The van der Waals surface area contributed by atoms with Crippen LogP contribution in [0.1, 0.15) is 42.0 Å². The molecule has 1 N–H and O–H groups in total. The number of hydrogen-bond acceptors (Lipinski definition) is 7. The Morgan fingerprint density at radius 3 is 2.74 bits per heavy atom. The Morgan fingerprint density at radius 1 is 1.14 bits per heavy atom. The van der Waals surface area contributed by atoms with Gasteiger partial charge in [-0.3, -0.25) is 4.79 Å². The lowest BCUT2D eigenvalue weighted by Crippen LogP contribution is -2.31. The first-order valence-electron chi connectivity index (χ1n) is 13.1. The molecule has 4 aromatic rings. The number of fused-ring (bicyclic) bond motifs is 1. The first kappa shape index (κ1) is 29.0. The van der Waals surface area contributed by atoms with E-state index in [1.165, 1.54) is 24.9 Å². The summed E-state index contributed by atoms with van der Waals surface area (Å²) in [6, 6.07) is 15.3. The highest BCUT2D eigenvalue weighted by Crippen LogP contribution is 2.45. The standard InChI is InChI=1S/C30H24BrCl2FN4O3S/c1-40-25-13-17(12-19(31)28(25)41-14-18-21(33)8-4-9-22(18)34)27-26-23(10-5-11-24(26)39)35-29-36-30(37-38(27)29)42-15-16-6-2-3-7-20(16)32/h2-4,6-9,12-13,27H,5,10-11,14-15H2,1H3,(H,35,36,37). The van der Waals surface area contributed by atoms with Gasteiger partial charge in [-0.25, -0.2) is 9.07 Å². The van der Waals surface area contributed by atoms with Gasteiger partial charge in [-0.05, 0) is 70.2 Å². The average molecular weight is 690 g/mol. The topological polar surface area (TPSA) is 78.3 Å². The molecule has 1 aliphatic carbocycles. The summed E-state index contributed by atoms with van der Waals surface area (Å²) in [5.41, 5.74) is 3.49. The minimum atomic E-state index is -0.536. The molecule has 1 unspecified atom stereocenters. The second kappa shape index (κ2) is 12.3. The maximum absolute atomic E-state index is 14.4. The van der Waals surface area contributed by atoms with E-state index in [4.69, 9.17) is 42.8 Å². The fraction of sp³-hybridized carbons (Fsp3) is 0.233. The van der Waals surface area contributed by atoms with E-state index >= 15 is 0 Å². The molecule has 0 fully saturated rings. The smallest absolute Gasteiger partial charge is 0.227 e. The number of methoxy groups -OCH3 is 1. The van der Waals surface area contributed by atoms with Crippen LogP contribution in [0.4, 0.5) is 10.3 Å². The molecule has 0 spiro atoms. The molecule has 0 bridgehead atoms. The van der Waals surface area contributed by atoms with E-state index in [0.717, 1.165) is 29.7 Å². The first-order valence-corrected chi connectivity index (χ1v) is 15.7. The van der Waals surface area contributed by atoms with Gasteiger partial charge >= 0.3 is 0 Å². The predicted molar refractivity (Wildman–Crippen MR) is 165 cm³/mol. The van der Waals surface area contributed by atoms with E-state index in [0.29, 0.717) is 49.8 Å². The molecular weight excluding hydrogens is 666 g/mol. The summed E-state index contributed by atoms with van der Waals surface area (Å²) in [4.78, 5) is 18.1. The van der Waals surface area contributed by atoms with Crippen LogP contribution in [-0.4, -0.2) is 27.7 Å². The first-order chi connectivity index (χ1) is 20.3. The molecule has 7 nitrogen and oxygen atoms in total. The van der Waals surface area contributed by atoms with Crippen LogP contribution in [0, 0.1) is 5.82 Å². The van der Waals surface area contributed by atoms with Crippen molar-refractivity contribution in [3.63, 3.8) is 0 Å². The fourth-order valence-corrected chi connectivity index (χ4v) is 7.02. The van der Waals surface area contributed by atoms with Crippen molar-refractivity contribution in [3.05, 3.63) is 103 Å². The molecule has 6 rings (SSSR count). The van der Waals surface area contributed by atoms with E-state index in [2.05, 4.69) is 21.2 Å². The number of allylic oxidation sites excluding steroid dienone is 2. The Balaban J connectivity index is 1.36. The zero-order valence-electron chi connectivity index (χ0n) is 22.3. The number of halogens is 4. The molecule has 2 aliphatic rings. The number of carbonyl (C=O) groups is 1. The maximum Gasteiger partial charge on any atom is 0.227 e. The molecule has 0 amide bonds. The second-order valence-electron chi connectivity index (χ2n) is 9.76. The molecule has 2 heterocycles. The third-order valence-corrected chi connectivity index (χ3v) is 9.35. The molecule has 1 atom stereocenters. The van der Waals surface area contributed by atoms with Crippen molar-refractivity contribution in [3.8, 4) is 11.5 Å². The van der Waals surface area contributed by atoms with E-state index in [-0.39, 0.29) is 23.0 Å². The van der Waals surface area contributed by atoms with Gasteiger partial charge in [-0.2, -0.15) is 4.98 Å². The Hall–Kier alpha value is -3.05. The predicted octanol–water partition coefficient (Wildman–Crippen LogP) is 8.39. The van der Waals surface area contributed by atoms with E-state index in [9.17, 15) is 9.18 Å². The minimum absolute atomic E-state index is 0.0600. The number of aromatic nitrogens is 3. The number of anilines is 1. The number of ketones is 1. The summed E-state index contributed by atoms with van der Waals surface area (Å²) in [6.07, 6.45) is 1.95. The van der Waals surface area contributed by atoms with Gasteiger partial charge in [-0.1, -0.05) is 59.2 Å². The molecule has 42 heavy (non-hydrogen) atoms. The van der Waals surface area contributed by atoms with E-state index in [1.807, 2.05) is 36.4 Å². The van der Waals surface area contributed by atoms with Crippen molar-refractivity contribution in [2.45, 2.75) is 42.8 Å². The van der Waals surface area contributed by atoms with Crippen LogP contribution in [-0.2, 0) is 17.2 Å². The zero-order chi connectivity index (χ0) is 29.4. The van der Waals surface area contributed by atoms with Gasteiger partial charge in [0.2, 0.25) is 11.1 Å². The summed E-state index contributed by atoms with van der Waals surface area (Å²) in [5.74, 6) is 1.54. The van der Waals surface area contributed by atoms with E-state index < -0.39 is 11.9 Å². The number of nitrogens with one attached hydrogen (secondary N) is 1. The van der Waals surface area contributed by atoms with Crippen molar-refractivity contribution in [1.29, 1.82) is 0 Å². The van der Waals surface area contributed by atoms with E-state index in [1.54, 1.807) is 16.8 Å². The molecular formula is C30H24BrCl2FN4O3S. The maximum atomic E-state index is 14.4. The molecule has 0 saturated carbocycles. The number of nitrogens with zero attached hydrogens (tertiary/aromatic N) is 3. The lowest BCUT2D eigenvalue weighted by molar-refractivity contribution is -0.116. The van der Waals surface area contributed by atoms with Gasteiger partial charge in [-0.15, -0.1) is 5.10 Å². The summed E-state index contributed by atoms with van der Waals surface area (Å²) in [6.45, 7) is -0.0970. The molecule has 3 aromatic carbocycles. The number of carbonyl (C=O) groups excluding carboxylic acids is 1. The third-order valence-electron chi connectivity index (χ3n) is 7.15. The zero-order valence-corrected chi connectivity index (χ0v) is 26.2. The number of hydrogen-bond donors (Lipinski definition) is 1. The lowest BCUT2D eigenvalue weighted by atomic mass is 9.85. The summed E-state index contributed by atoms with van der Waals surface area (Å²) in [5, 5.41) is 9.68. The van der Waals surface area contributed by atoms with Gasteiger partial charge in [0.05, 0.1) is 16.6 Å². The third kappa shape index (κ3) is 5.65. The Morgan fingerprint density at radius 2 is 1.95 bits per heavy atom. The van der Waals surface area contributed by atoms with Crippen LogP contribution in [0.25, 0.3) is 0 Å². The fourth-order valence-electron chi connectivity index (χ4n) is 5.12. The highest BCUT2D eigenvalue weighted by molar-refractivity contribution is 9.10. The van der Waals surface area contributed by atoms with Gasteiger partial charge < -0.3 is 14.8 Å². The molecule has 0 radical (unpaired) electrons.